The molecule has 0 aliphatic rings. The minimum atomic E-state index is -1.02. The highest BCUT2D eigenvalue weighted by molar-refractivity contribution is 6.20. The number of carbonyl (C=O) groups is 2. The average molecular weight is 338 g/mol. The molecule has 7 heteroatoms. The zero-order valence-electron chi connectivity index (χ0n) is 13.2. The molecule has 0 heterocycles. The molecule has 6 nitrogen and oxygen atoms in total. The summed E-state index contributed by atoms with van der Waals surface area (Å²) < 4.78 is 11.0. The molecule has 0 saturated carbocycles. The van der Waals surface area contributed by atoms with Crippen molar-refractivity contribution >= 4 is 31.8 Å². The van der Waals surface area contributed by atoms with Crippen LogP contribution in [0.1, 0.15) is 11.1 Å². The third-order valence-electron chi connectivity index (χ3n) is 3.00. The van der Waals surface area contributed by atoms with Crippen LogP contribution in [0, 0.1) is 0 Å². The molecule has 2 rings (SSSR count). The lowest BCUT2D eigenvalue weighted by Gasteiger charge is -2.08. The number of aliphatic carboxylic acids is 2. The van der Waals surface area contributed by atoms with Gasteiger partial charge in [0, 0.05) is 12.2 Å². The van der Waals surface area contributed by atoms with Crippen LogP contribution in [0.2, 0.25) is 0 Å². The first-order valence-corrected chi connectivity index (χ1v) is 7.31. The number of rotatable bonds is 8. The maximum Gasteiger partial charge on any atom is 0.576 e. The highest BCUT2D eigenvalue weighted by Gasteiger charge is 2.01. The van der Waals surface area contributed by atoms with Crippen molar-refractivity contribution in [1.29, 1.82) is 0 Å². The summed E-state index contributed by atoms with van der Waals surface area (Å²) in [6, 6.07) is 13.8. The SMILES string of the molecule is O=C(O)C=Cc1cccc(OBOc2cccc(C=CC(=O)O)c2)c1. The number of hydrogen-bond acceptors (Lipinski definition) is 4. The van der Waals surface area contributed by atoms with Crippen molar-refractivity contribution in [3.8, 4) is 11.5 Å². The van der Waals surface area contributed by atoms with E-state index < -0.39 is 11.9 Å². The topological polar surface area (TPSA) is 93.1 Å². The van der Waals surface area contributed by atoms with E-state index in [9.17, 15) is 9.59 Å². The predicted molar refractivity (Wildman–Crippen MR) is 94.6 cm³/mol. The summed E-state index contributed by atoms with van der Waals surface area (Å²) in [4.78, 5) is 21.0. The summed E-state index contributed by atoms with van der Waals surface area (Å²) >= 11 is 0. The Bertz CT molecular complexity index is 745. The summed E-state index contributed by atoms with van der Waals surface area (Å²) in [5.74, 6) is -0.970. The second kappa shape index (κ2) is 8.98. The second-order valence-corrected chi connectivity index (χ2v) is 4.89. The molecular weight excluding hydrogens is 323 g/mol. The van der Waals surface area contributed by atoms with Crippen molar-refractivity contribution in [3.05, 3.63) is 71.8 Å². The summed E-state index contributed by atoms with van der Waals surface area (Å²) in [5, 5.41) is 17.3. The van der Waals surface area contributed by atoms with E-state index in [1.54, 1.807) is 48.5 Å². The van der Waals surface area contributed by atoms with E-state index >= 15 is 0 Å². The Morgan fingerprint density at radius 2 is 1.24 bits per heavy atom. The molecule has 0 fully saturated rings. The first-order chi connectivity index (χ1) is 12.0. The van der Waals surface area contributed by atoms with E-state index in [-0.39, 0.29) is 7.69 Å². The highest BCUT2D eigenvalue weighted by atomic mass is 16.6. The molecule has 0 atom stereocenters. The van der Waals surface area contributed by atoms with Gasteiger partial charge in [-0.05, 0) is 47.5 Å². The van der Waals surface area contributed by atoms with E-state index in [1.165, 1.54) is 12.2 Å². The largest absolute Gasteiger partial charge is 0.576 e. The molecule has 2 aromatic carbocycles. The van der Waals surface area contributed by atoms with Gasteiger partial charge in [-0.1, -0.05) is 24.3 Å². The molecule has 2 aromatic rings. The lowest BCUT2D eigenvalue weighted by atomic mass is 10.2. The van der Waals surface area contributed by atoms with Gasteiger partial charge in [-0.2, -0.15) is 0 Å². The first-order valence-electron chi connectivity index (χ1n) is 7.31. The predicted octanol–water partition coefficient (Wildman–Crippen LogP) is 2.61. The van der Waals surface area contributed by atoms with Crippen molar-refractivity contribution in [3.63, 3.8) is 0 Å². The molecule has 0 aliphatic carbocycles. The molecule has 2 N–H and O–H groups in total. The minimum absolute atomic E-state index is 0.0435. The Hall–Kier alpha value is -3.48. The zero-order valence-corrected chi connectivity index (χ0v) is 13.2. The van der Waals surface area contributed by atoms with Crippen molar-refractivity contribution in [2.24, 2.45) is 0 Å². The molecule has 0 aromatic heterocycles. The Balaban J connectivity index is 1.92. The van der Waals surface area contributed by atoms with Crippen molar-refractivity contribution in [1.82, 2.24) is 0 Å². The lowest BCUT2D eigenvalue weighted by molar-refractivity contribution is -0.132. The fraction of sp³-hybridized carbons (Fsp3) is 0. The van der Waals surface area contributed by atoms with Gasteiger partial charge < -0.3 is 19.5 Å². The lowest BCUT2D eigenvalue weighted by Crippen LogP contribution is -2.10. The van der Waals surface area contributed by atoms with Crippen molar-refractivity contribution in [2.45, 2.75) is 0 Å². The van der Waals surface area contributed by atoms with Gasteiger partial charge in [0.25, 0.3) is 0 Å². The summed E-state index contributed by atoms with van der Waals surface area (Å²) in [7, 11) is -0.0435. The Kier molecular flexibility index (Phi) is 6.42. The number of carboxylic acid groups (broad SMARTS) is 2. The molecule has 0 bridgehead atoms. The third kappa shape index (κ3) is 6.66. The van der Waals surface area contributed by atoms with Gasteiger partial charge in [0.05, 0.1) is 0 Å². The normalized spacial score (nSPS) is 10.7. The smallest absolute Gasteiger partial charge is 0.529 e. The van der Waals surface area contributed by atoms with Crippen LogP contribution in [0.25, 0.3) is 12.2 Å². The van der Waals surface area contributed by atoms with Crippen LogP contribution >= 0.6 is 0 Å². The van der Waals surface area contributed by atoms with Gasteiger partial charge in [-0.3, -0.25) is 0 Å². The maximum absolute atomic E-state index is 10.5. The van der Waals surface area contributed by atoms with Gasteiger partial charge in [0.2, 0.25) is 0 Å². The Morgan fingerprint density at radius 1 is 0.800 bits per heavy atom. The molecule has 0 amide bonds. The van der Waals surface area contributed by atoms with E-state index in [1.807, 2.05) is 0 Å². The van der Waals surface area contributed by atoms with Crippen LogP contribution in [0.15, 0.2) is 60.7 Å². The number of hydrogen-bond donors (Lipinski definition) is 2. The van der Waals surface area contributed by atoms with E-state index in [0.717, 1.165) is 12.2 Å². The standard InChI is InChI=1S/C18H15BO6/c20-17(21)9-7-13-3-1-5-15(11-13)24-19-25-16-6-2-4-14(12-16)8-10-18(22)23/h1-12,19H,(H,20,21)(H,22,23). The molecular formula is C18H15BO6. The molecule has 0 saturated heterocycles. The van der Waals surface area contributed by atoms with Gasteiger partial charge in [0.1, 0.15) is 11.5 Å². The highest BCUT2D eigenvalue weighted by Crippen LogP contribution is 2.16. The van der Waals surface area contributed by atoms with Gasteiger partial charge in [-0.25, -0.2) is 9.59 Å². The molecule has 0 spiro atoms. The number of carboxylic acids is 2. The van der Waals surface area contributed by atoms with Crippen LogP contribution in [-0.4, -0.2) is 29.8 Å². The second-order valence-electron chi connectivity index (χ2n) is 4.89. The minimum Gasteiger partial charge on any atom is -0.529 e. The first kappa shape index (κ1) is 17.9. The van der Waals surface area contributed by atoms with Crippen LogP contribution in [0.3, 0.4) is 0 Å². The maximum atomic E-state index is 10.5. The van der Waals surface area contributed by atoms with Crippen LogP contribution in [-0.2, 0) is 9.59 Å². The molecule has 0 radical (unpaired) electrons. The quantitative estimate of drug-likeness (QED) is 0.568. The Labute approximate surface area is 144 Å². The Morgan fingerprint density at radius 3 is 1.64 bits per heavy atom. The van der Waals surface area contributed by atoms with Crippen molar-refractivity contribution < 1.29 is 29.1 Å². The van der Waals surface area contributed by atoms with Crippen LogP contribution in [0.4, 0.5) is 0 Å². The van der Waals surface area contributed by atoms with Crippen LogP contribution < -0.4 is 9.31 Å². The van der Waals surface area contributed by atoms with Crippen molar-refractivity contribution in [2.75, 3.05) is 0 Å². The summed E-state index contributed by atoms with van der Waals surface area (Å²) in [5.41, 5.74) is 1.39. The summed E-state index contributed by atoms with van der Waals surface area (Å²) in [6.07, 6.45) is 5.03. The van der Waals surface area contributed by atoms with Crippen LogP contribution in [0.5, 0.6) is 11.5 Å². The van der Waals surface area contributed by atoms with Gasteiger partial charge in [-0.15, -0.1) is 0 Å². The molecule has 126 valence electrons. The molecule has 25 heavy (non-hydrogen) atoms. The molecule has 0 unspecified atom stereocenters. The third-order valence-corrected chi connectivity index (χ3v) is 3.00. The van der Waals surface area contributed by atoms with Gasteiger partial charge in [0.15, 0.2) is 0 Å². The van der Waals surface area contributed by atoms with Gasteiger partial charge >= 0.3 is 19.6 Å². The summed E-state index contributed by atoms with van der Waals surface area (Å²) in [6.45, 7) is 0. The van der Waals surface area contributed by atoms with E-state index in [2.05, 4.69) is 0 Å². The van der Waals surface area contributed by atoms with E-state index in [0.29, 0.717) is 22.6 Å². The fourth-order valence-corrected chi connectivity index (χ4v) is 1.92. The number of benzene rings is 2. The van der Waals surface area contributed by atoms with E-state index in [4.69, 9.17) is 19.5 Å². The molecule has 0 aliphatic heterocycles. The zero-order chi connectivity index (χ0) is 18.1. The fourth-order valence-electron chi connectivity index (χ4n) is 1.92. The average Bonchev–Trinajstić information content (AvgIpc) is 2.59. The monoisotopic (exact) mass is 338 g/mol.